The van der Waals surface area contributed by atoms with Gasteiger partial charge in [-0.2, -0.15) is 0 Å². The van der Waals surface area contributed by atoms with Crippen LogP contribution in [0.15, 0.2) is 129 Å². The number of anilines is 3. The Balaban J connectivity index is 0.000000188. The van der Waals surface area contributed by atoms with Crippen molar-refractivity contribution < 1.29 is 0 Å². The van der Waals surface area contributed by atoms with Crippen molar-refractivity contribution in [3.8, 4) is 11.1 Å². The molecule has 0 bridgehead atoms. The summed E-state index contributed by atoms with van der Waals surface area (Å²) >= 11 is 1.66. The minimum atomic E-state index is 0.343. The number of para-hydroxylation sites is 1. The van der Waals surface area contributed by atoms with E-state index in [1.165, 1.54) is 88.7 Å². The van der Waals surface area contributed by atoms with Crippen molar-refractivity contribution in [2.75, 3.05) is 54.4 Å². The molecule has 0 spiro atoms. The Hall–Kier alpha value is -6.49. The lowest BCUT2D eigenvalue weighted by Crippen LogP contribution is -2.47. The van der Waals surface area contributed by atoms with Crippen LogP contribution in [0.2, 0.25) is 0 Å². The SMILES string of the molecule is C=C1CCC(c2ccc3nc(N4CCN(CCC)CC4)n(C)c3c2)C(=C)N1.C=Cc1nc(N2CCc3cccc(C(=C)Nc4nc5ccccc5s4)c3C2)ccc1-c1ccc(CC2CCC(C)CC2)cc1C. The molecule has 372 valence electrons. The van der Waals surface area contributed by atoms with E-state index in [2.05, 4.69) is 163 Å². The minimum Gasteiger partial charge on any atom is -0.363 e. The molecule has 3 aliphatic heterocycles. The van der Waals surface area contributed by atoms with E-state index in [4.69, 9.17) is 15.0 Å². The van der Waals surface area contributed by atoms with E-state index in [9.17, 15) is 0 Å². The van der Waals surface area contributed by atoms with E-state index < -0.39 is 0 Å². The number of nitrogens with zero attached hydrogens (tertiary/aromatic N) is 7. The van der Waals surface area contributed by atoms with Gasteiger partial charge in [-0.05, 0) is 146 Å². The Bertz CT molecular complexity index is 3090. The molecule has 1 unspecified atom stereocenters. The summed E-state index contributed by atoms with van der Waals surface area (Å²) in [6, 6.07) is 32.9. The maximum Gasteiger partial charge on any atom is 0.206 e. The van der Waals surface area contributed by atoms with Crippen LogP contribution in [0.3, 0.4) is 0 Å². The second-order valence-corrected chi connectivity index (χ2v) is 21.9. The molecule has 1 aliphatic carbocycles. The van der Waals surface area contributed by atoms with Gasteiger partial charge < -0.3 is 25.0 Å². The summed E-state index contributed by atoms with van der Waals surface area (Å²) in [5.74, 6) is 4.14. The molecule has 10 heteroatoms. The zero-order valence-corrected chi connectivity index (χ0v) is 44.0. The summed E-state index contributed by atoms with van der Waals surface area (Å²) in [4.78, 5) is 22.2. The van der Waals surface area contributed by atoms with Gasteiger partial charge in [0.2, 0.25) is 5.95 Å². The molecule has 3 aromatic heterocycles. The molecule has 0 amide bonds. The molecular weight excluding hydrogens is 903 g/mol. The van der Waals surface area contributed by atoms with Gasteiger partial charge >= 0.3 is 0 Å². The van der Waals surface area contributed by atoms with Gasteiger partial charge in [-0.3, -0.25) is 4.90 Å². The molecule has 3 fully saturated rings. The van der Waals surface area contributed by atoms with Crippen molar-refractivity contribution in [1.29, 1.82) is 0 Å². The molecule has 72 heavy (non-hydrogen) atoms. The van der Waals surface area contributed by atoms with Gasteiger partial charge in [0.15, 0.2) is 5.13 Å². The number of aryl methyl sites for hydroxylation is 2. The van der Waals surface area contributed by atoms with Crippen molar-refractivity contribution in [2.45, 2.75) is 91.0 Å². The predicted molar refractivity (Wildman–Crippen MR) is 306 cm³/mol. The fourth-order valence-corrected chi connectivity index (χ4v) is 12.5. The van der Waals surface area contributed by atoms with Crippen LogP contribution in [0, 0.1) is 18.8 Å². The molecule has 1 saturated carbocycles. The van der Waals surface area contributed by atoms with E-state index in [-0.39, 0.29) is 0 Å². The van der Waals surface area contributed by atoms with Crippen LogP contribution < -0.4 is 20.4 Å². The molecule has 4 aliphatic rings. The Kier molecular flexibility index (Phi) is 14.8. The summed E-state index contributed by atoms with van der Waals surface area (Å²) in [5, 5.41) is 7.70. The summed E-state index contributed by atoms with van der Waals surface area (Å²) in [7, 11) is 2.14. The van der Waals surface area contributed by atoms with Gasteiger partial charge in [-0.15, -0.1) is 0 Å². The van der Waals surface area contributed by atoms with E-state index in [0.717, 1.165) is 132 Å². The van der Waals surface area contributed by atoms with Gasteiger partial charge in [0.1, 0.15) is 5.82 Å². The summed E-state index contributed by atoms with van der Waals surface area (Å²) in [5.41, 5.74) is 17.5. The molecule has 0 radical (unpaired) electrons. The van der Waals surface area contributed by atoms with Gasteiger partial charge in [0.05, 0.1) is 26.9 Å². The lowest BCUT2D eigenvalue weighted by molar-refractivity contribution is 0.257. The molecular formula is C62H73N9S. The zero-order valence-electron chi connectivity index (χ0n) is 43.2. The third-order valence-corrected chi connectivity index (χ3v) is 16.7. The van der Waals surface area contributed by atoms with Crippen molar-refractivity contribution in [3.05, 3.63) is 168 Å². The number of piperidine rings is 1. The number of thiazole rings is 1. The van der Waals surface area contributed by atoms with Crippen molar-refractivity contribution >= 4 is 61.3 Å². The highest BCUT2D eigenvalue weighted by Gasteiger charge is 2.26. The third kappa shape index (κ3) is 10.7. The quantitative estimate of drug-likeness (QED) is 0.125. The fraction of sp³-hybridized carbons (Fsp3) is 0.371. The molecule has 2 saturated heterocycles. The lowest BCUT2D eigenvalue weighted by atomic mass is 9.80. The van der Waals surface area contributed by atoms with Crippen LogP contribution >= 0.6 is 11.3 Å². The van der Waals surface area contributed by atoms with Crippen LogP contribution in [-0.4, -0.2) is 63.7 Å². The van der Waals surface area contributed by atoms with Crippen LogP contribution in [0.1, 0.15) is 104 Å². The van der Waals surface area contributed by atoms with Gasteiger partial charge in [0.25, 0.3) is 0 Å². The molecule has 11 rings (SSSR count). The number of pyridine rings is 1. The van der Waals surface area contributed by atoms with Crippen molar-refractivity contribution in [2.24, 2.45) is 18.9 Å². The van der Waals surface area contributed by atoms with Gasteiger partial charge in [-0.1, -0.05) is 119 Å². The van der Waals surface area contributed by atoms with Crippen LogP contribution in [0.25, 0.3) is 44.1 Å². The fourth-order valence-electron chi connectivity index (χ4n) is 11.6. The molecule has 1 atom stereocenters. The van der Waals surface area contributed by atoms with Gasteiger partial charge in [-0.25, -0.2) is 15.0 Å². The Labute approximate surface area is 432 Å². The van der Waals surface area contributed by atoms with Crippen molar-refractivity contribution in [1.82, 2.24) is 29.7 Å². The van der Waals surface area contributed by atoms with E-state index in [0.29, 0.717) is 5.92 Å². The number of allylic oxidation sites excluding steroid dienone is 2. The summed E-state index contributed by atoms with van der Waals surface area (Å²) < 4.78 is 3.42. The number of piperazine rings is 1. The van der Waals surface area contributed by atoms with Crippen LogP contribution in [0.4, 0.5) is 16.9 Å². The molecule has 9 nitrogen and oxygen atoms in total. The number of rotatable bonds is 12. The maximum absolute atomic E-state index is 5.16. The number of aromatic nitrogens is 4. The molecule has 7 aromatic rings. The Morgan fingerprint density at radius 3 is 2.39 bits per heavy atom. The Morgan fingerprint density at radius 1 is 0.819 bits per heavy atom. The van der Waals surface area contributed by atoms with Crippen LogP contribution in [0.5, 0.6) is 0 Å². The largest absolute Gasteiger partial charge is 0.363 e. The lowest BCUT2D eigenvalue weighted by Gasteiger charge is -2.35. The third-order valence-electron chi connectivity index (χ3n) is 15.8. The first kappa shape index (κ1) is 49.1. The number of hydrogen-bond donors (Lipinski definition) is 2. The summed E-state index contributed by atoms with van der Waals surface area (Å²) in [6.45, 7) is 31.0. The average Bonchev–Trinajstić information content (AvgIpc) is 3.96. The number of fused-ring (bicyclic) bond motifs is 3. The summed E-state index contributed by atoms with van der Waals surface area (Å²) in [6.07, 6.45) is 12.8. The maximum atomic E-state index is 5.16. The van der Waals surface area contributed by atoms with E-state index in [1.807, 2.05) is 18.2 Å². The zero-order chi connectivity index (χ0) is 49.9. The Morgan fingerprint density at radius 2 is 1.62 bits per heavy atom. The number of nitrogens with one attached hydrogen (secondary N) is 2. The predicted octanol–water partition coefficient (Wildman–Crippen LogP) is 13.9. The van der Waals surface area contributed by atoms with Gasteiger partial charge in [0, 0.05) is 80.5 Å². The number of hydrogen-bond acceptors (Lipinski definition) is 9. The molecule has 2 N–H and O–H groups in total. The average molecular weight is 976 g/mol. The smallest absolute Gasteiger partial charge is 0.206 e. The molecule has 4 aromatic carbocycles. The number of benzene rings is 4. The minimum absolute atomic E-state index is 0.343. The monoisotopic (exact) mass is 976 g/mol. The highest BCUT2D eigenvalue weighted by molar-refractivity contribution is 7.22. The van der Waals surface area contributed by atoms with Crippen LogP contribution in [-0.2, 0) is 26.4 Å². The van der Waals surface area contributed by atoms with E-state index in [1.54, 1.807) is 11.3 Å². The second kappa shape index (κ2) is 21.7. The van der Waals surface area contributed by atoms with E-state index >= 15 is 0 Å². The highest BCUT2D eigenvalue weighted by Crippen LogP contribution is 2.38. The topological polar surface area (TPSA) is 77.4 Å². The first-order valence-electron chi connectivity index (χ1n) is 26.5. The normalized spacial score (nSPS) is 19.4. The first-order valence-corrected chi connectivity index (χ1v) is 27.3. The van der Waals surface area contributed by atoms with Crippen molar-refractivity contribution in [3.63, 3.8) is 0 Å². The number of imidazole rings is 1. The standard InChI is InChI=1S/C40H42N4S.C22H31N5/c1-5-36-34(32-18-17-30(23-27(32)3)24-29-15-13-26(2)14-16-29)19-20-39(42-36)44-22-21-31-9-8-10-33(35(31)25-44)28(4)41-40-43-37-11-6-7-12-38(37)45-40;1-5-10-26-11-13-27(14-12-26)22-24-20-9-7-18(15-21(20)25(22)4)19-8-6-16(2)23-17(19)3/h5-12,17-20,23,26,29H,1,4,13-16,21-22,24-25H2,2-3H3,(H,41,43);7,9,15,19,23H,2-3,5-6,8,10-14H2,1,4H3. The second-order valence-electron chi connectivity index (χ2n) is 20.9. The first-order chi connectivity index (χ1) is 35.0. The highest BCUT2D eigenvalue weighted by atomic mass is 32.1. The molecule has 6 heterocycles.